The lowest BCUT2D eigenvalue weighted by Crippen LogP contribution is -2.07. The molecule has 1 aromatic carbocycles. The topological polar surface area (TPSA) is 84.3 Å². The number of anilines is 2. The van der Waals surface area contributed by atoms with Crippen molar-refractivity contribution in [1.82, 2.24) is 0 Å². The van der Waals surface area contributed by atoms with E-state index in [1.165, 1.54) is 0 Å². The van der Waals surface area contributed by atoms with Gasteiger partial charge in [0.2, 0.25) is 0 Å². The van der Waals surface area contributed by atoms with Crippen LogP contribution in [0.5, 0.6) is 5.75 Å². The average molecular weight is 139 g/mol. The van der Waals surface area contributed by atoms with E-state index in [2.05, 4.69) is 5.43 Å². The van der Waals surface area contributed by atoms with Crippen LogP contribution >= 0.6 is 0 Å². The minimum absolute atomic E-state index is 0.00926. The zero-order valence-electron chi connectivity index (χ0n) is 5.33. The summed E-state index contributed by atoms with van der Waals surface area (Å²) in [5, 5.41) is 9.13. The van der Waals surface area contributed by atoms with Gasteiger partial charge in [0.15, 0.2) is 5.75 Å². The second kappa shape index (κ2) is 2.45. The molecule has 4 nitrogen and oxygen atoms in total. The third kappa shape index (κ3) is 0.964. The van der Waals surface area contributed by atoms with E-state index >= 15 is 0 Å². The normalized spacial score (nSPS) is 9.30. The van der Waals surface area contributed by atoms with Crippen molar-refractivity contribution in [3.8, 4) is 5.75 Å². The SMILES string of the molecule is NNc1cccc(N)c1O. The maximum absolute atomic E-state index is 9.13. The quantitative estimate of drug-likeness (QED) is 0.194. The van der Waals surface area contributed by atoms with Gasteiger partial charge in [-0.15, -0.1) is 0 Å². The molecule has 0 unspecified atom stereocenters. The zero-order chi connectivity index (χ0) is 7.56. The van der Waals surface area contributed by atoms with Crippen LogP contribution < -0.4 is 17.0 Å². The molecule has 0 bridgehead atoms. The molecule has 10 heavy (non-hydrogen) atoms. The molecule has 0 heterocycles. The standard InChI is InChI=1S/C6H9N3O/c7-4-2-1-3-5(9-8)6(4)10/h1-3,9-10H,7-8H2. The molecule has 0 atom stereocenters. The predicted octanol–water partition coefficient (Wildman–Crippen LogP) is 0.260. The molecular weight excluding hydrogens is 130 g/mol. The highest BCUT2D eigenvalue weighted by atomic mass is 16.3. The van der Waals surface area contributed by atoms with Crippen molar-refractivity contribution < 1.29 is 5.11 Å². The van der Waals surface area contributed by atoms with E-state index in [9.17, 15) is 0 Å². The number of para-hydroxylation sites is 1. The van der Waals surface area contributed by atoms with Crippen LogP contribution in [-0.4, -0.2) is 5.11 Å². The Morgan fingerprint density at radius 1 is 1.40 bits per heavy atom. The van der Waals surface area contributed by atoms with E-state index in [-0.39, 0.29) is 5.75 Å². The number of nitrogen functional groups attached to an aromatic ring is 2. The van der Waals surface area contributed by atoms with Crippen molar-refractivity contribution in [3.05, 3.63) is 18.2 Å². The number of hydrazine groups is 1. The fourth-order valence-corrected chi connectivity index (χ4v) is 0.678. The second-order valence-corrected chi connectivity index (χ2v) is 1.89. The molecule has 0 amide bonds. The number of phenolic OH excluding ortho intramolecular Hbond substituents is 1. The molecule has 0 aliphatic rings. The van der Waals surface area contributed by atoms with Crippen LogP contribution in [-0.2, 0) is 0 Å². The summed E-state index contributed by atoms with van der Waals surface area (Å²) in [6, 6.07) is 4.92. The molecule has 1 aromatic rings. The third-order valence-electron chi connectivity index (χ3n) is 1.22. The van der Waals surface area contributed by atoms with Gasteiger partial charge < -0.3 is 16.3 Å². The van der Waals surface area contributed by atoms with Crippen molar-refractivity contribution in [1.29, 1.82) is 0 Å². The first-order valence-corrected chi connectivity index (χ1v) is 2.79. The van der Waals surface area contributed by atoms with E-state index in [4.69, 9.17) is 16.7 Å². The number of phenols is 1. The monoisotopic (exact) mass is 139 g/mol. The lowest BCUT2D eigenvalue weighted by molar-refractivity contribution is 0.480. The average Bonchev–Trinajstić information content (AvgIpc) is 1.95. The fraction of sp³-hybridized carbons (Fsp3) is 0. The van der Waals surface area contributed by atoms with Gasteiger partial charge >= 0.3 is 0 Å². The molecule has 0 aliphatic heterocycles. The Hall–Kier alpha value is -1.42. The number of nitrogens with two attached hydrogens (primary N) is 2. The number of aromatic hydroxyl groups is 1. The summed E-state index contributed by atoms with van der Waals surface area (Å²) in [6.45, 7) is 0. The van der Waals surface area contributed by atoms with Crippen LogP contribution in [0.1, 0.15) is 0 Å². The minimum Gasteiger partial charge on any atom is -0.504 e. The molecular formula is C6H9N3O. The maximum atomic E-state index is 9.13. The van der Waals surface area contributed by atoms with Crippen LogP contribution in [0.15, 0.2) is 18.2 Å². The van der Waals surface area contributed by atoms with Gasteiger partial charge in [0.1, 0.15) is 0 Å². The highest BCUT2D eigenvalue weighted by Gasteiger charge is 1.99. The highest BCUT2D eigenvalue weighted by molar-refractivity contribution is 5.67. The van der Waals surface area contributed by atoms with Crippen molar-refractivity contribution in [2.24, 2.45) is 5.84 Å². The van der Waals surface area contributed by atoms with E-state index in [0.29, 0.717) is 11.4 Å². The Morgan fingerprint density at radius 3 is 2.60 bits per heavy atom. The van der Waals surface area contributed by atoms with Gasteiger partial charge in [-0.25, -0.2) is 0 Å². The first kappa shape index (κ1) is 6.70. The summed E-state index contributed by atoms with van der Waals surface area (Å²) < 4.78 is 0. The van der Waals surface area contributed by atoms with E-state index in [1.807, 2.05) is 0 Å². The first-order valence-electron chi connectivity index (χ1n) is 2.79. The van der Waals surface area contributed by atoms with Crippen molar-refractivity contribution in [2.45, 2.75) is 0 Å². The van der Waals surface area contributed by atoms with Gasteiger partial charge in [-0.3, -0.25) is 5.84 Å². The summed E-state index contributed by atoms with van der Waals surface area (Å²) in [6.07, 6.45) is 0. The molecule has 0 saturated heterocycles. The molecule has 1 rings (SSSR count). The molecule has 0 saturated carbocycles. The minimum atomic E-state index is -0.00926. The zero-order valence-corrected chi connectivity index (χ0v) is 5.33. The van der Waals surface area contributed by atoms with Crippen LogP contribution in [0.3, 0.4) is 0 Å². The summed E-state index contributed by atoms with van der Waals surface area (Å²) in [5.74, 6) is 5.04. The van der Waals surface area contributed by atoms with Gasteiger partial charge in [0.05, 0.1) is 11.4 Å². The Morgan fingerprint density at radius 2 is 2.10 bits per heavy atom. The van der Waals surface area contributed by atoms with Gasteiger partial charge in [0, 0.05) is 0 Å². The van der Waals surface area contributed by atoms with Gasteiger partial charge in [0.25, 0.3) is 0 Å². The van der Waals surface area contributed by atoms with Gasteiger partial charge in [-0.1, -0.05) is 6.07 Å². The summed E-state index contributed by atoms with van der Waals surface area (Å²) in [5.41, 5.74) is 8.40. The summed E-state index contributed by atoms with van der Waals surface area (Å²) in [4.78, 5) is 0. The number of rotatable bonds is 1. The predicted molar refractivity (Wildman–Crippen MR) is 40.3 cm³/mol. The number of hydrogen-bond donors (Lipinski definition) is 4. The molecule has 0 fully saturated rings. The van der Waals surface area contributed by atoms with Crippen molar-refractivity contribution in [2.75, 3.05) is 11.2 Å². The molecule has 6 N–H and O–H groups in total. The van der Waals surface area contributed by atoms with E-state index in [1.54, 1.807) is 18.2 Å². The largest absolute Gasteiger partial charge is 0.504 e. The number of hydrogen-bond acceptors (Lipinski definition) is 4. The lowest BCUT2D eigenvalue weighted by Gasteiger charge is -2.03. The third-order valence-corrected chi connectivity index (χ3v) is 1.22. The first-order chi connectivity index (χ1) is 4.75. The summed E-state index contributed by atoms with van der Waals surface area (Å²) in [7, 11) is 0. The summed E-state index contributed by atoms with van der Waals surface area (Å²) >= 11 is 0. The van der Waals surface area contributed by atoms with Gasteiger partial charge in [-0.2, -0.15) is 0 Å². The molecule has 0 aromatic heterocycles. The maximum Gasteiger partial charge on any atom is 0.163 e. The molecule has 0 radical (unpaired) electrons. The number of nitrogens with one attached hydrogen (secondary N) is 1. The number of benzene rings is 1. The van der Waals surface area contributed by atoms with Crippen LogP contribution in [0.2, 0.25) is 0 Å². The van der Waals surface area contributed by atoms with Gasteiger partial charge in [-0.05, 0) is 12.1 Å². The lowest BCUT2D eigenvalue weighted by atomic mass is 10.2. The fourth-order valence-electron chi connectivity index (χ4n) is 0.678. The Balaban J connectivity index is 3.14. The Kier molecular flexibility index (Phi) is 1.64. The Bertz CT molecular complexity index is 236. The molecule has 0 spiro atoms. The molecule has 54 valence electrons. The van der Waals surface area contributed by atoms with Crippen molar-refractivity contribution >= 4 is 11.4 Å². The molecule has 0 aliphatic carbocycles. The van der Waals surface area contributed by atoms with Crippen LogP contribution in [0.4, 0.5) is 11.4 Å². The van der Waals surface area contributed by atoms with E-state index < -0.39 is 0 Å². The smallest absolute Gasteiger partial charge is 0.163 e. The van der Waals surface area contributed by atoms with Crippen molar-refractivity contribution in [3.63, 3.8) is 0 Å². The van der Waals surface area contributed by atoms with Crippen LogP contribution in [0, 0.1) is 0 Å². The highest BCUT2D eigenvalue weighted by Crippen LogP contribution is 2.27. The molecule has 4 heteroatoms. The Labute approximate surface area is 58.4 Å². The second-order valence-electron chi connectivity index (χ2n) is 1.89. The van der Waals surface area contributed by atoms with Crippen LogP contribution in [0.25, 0.3) is 0 Å². The van der Waals surface area contributed by atoms with E-state index in [0.717, 1.165) is 0 Å².